The molecule has 136 valence electrons. The lowest BCUT2D eigenvalue weighted by Crippen LogP contribution is -2.42. The fourth-order valence-corrected chi connectivity index (χ4v) is 4.79. The van der Waals surface area contributed by atoms with Crippen molar-refractivity contribution in [2.24, 2.45) is 0 Å². The summed E-state index contributed by atoms with van der Waals surface area (Å²) in [5.41, 5.74) is 0.391. The molecule has 0 unspecified atom stereocenters. The quantitative estimate of drug-likeness (QED) is 0.208. The van der Waals surface area contributed by atoms with Crippen LogP contribution < -0.4 is 0 Å². The Bertz CT molecular complexity index is 665. The Balaban J connectivity index is 1.83. The summed E-state index contributed by atoms with van der Waals surface area (Å²) < 4.78 is 25.5. The number of fused-ring (bicyclic) bond motifs is 1. The first kappa shape index (κ1) is 19.6. The van der Waals surface area contributed by atoms with Crippen molar-refractivity contribution in [3.05, 3.63) is 34.9 Å². The number of hydrogen-bond donors (Lipinski definition) is 0. The van der Waals surface area contributed by atoms with Gasteiger partial charge in [0, 0.05) is 33.1 Å². The van der Waals surface area contributed by atoms with Crippen LogP contribution in [0.3, 0.4) is 0 Å². The van der Waals surface area contributed by atoms with Crippen LogP contribution in [-0.4, -0.2) is 53.8 Å². The Kier molecular flexibility index (Phi) is 6.73. The van der Waals surface area contributed by atoms with Gasteiger partial charge in [-0.1, -0.05) is 0 Å². The van der Waals surface area contributed by atoms with Gasteiger partial charge in [0.1, 0.15) is 0 Å². The highest BCUT2D eigenvalue weighted by Crippen LogP contribution is 2.23. The minimum atomic E-state index is -2.62. The van der Waals surface area contributed by atoms with Crippen LogP contribution in [0.25, 0.3) is 0 Å². The maximum atomic E-state index is 12.0. The van der Waals surface area contributed by atoms with Crippen molar-refractivity contribution in [2.75, 3.05) is 27.1 Å². The molecule has 0 bridgehead atoms. The molecule has 25 heavy (non-hydrogen) atoms. The monoisotopic (exact) mass is 386 g/mol. The van der Waals surface area contributed by atoms with E-state index in [0.29, 0.717) is 18.2 Å². The molecule has 8 nitrogen and oxygen atoms in total. The molecule has 0 amide bonds. The first-order valence-corrected chi connectivity index (χ1v) is 10.2. The van der Waals surface area contributed by atoms with E-state index in [-0.39, 0.29) is 16.7 Å². The van der Waals surface area contributed by atoms with Gasteiger partial charge in [-0.05, 0) is 24.6 Å². The average Bonchev–Trinajstić information content (AvgIpc) is 2.92. The summed E-state index contributed by atoms with van der Waals surface area (Å²) in [7, 11) is 1.99. The van der Waals surface area contributed by atoms with Gasteiger partial charge in [-0.2, -0.15) is 0 Å². The fraction of sp³-hybridized carbons (Fsp3) is 0.400. The third-order valence-corrected chi connectivity index (χ3v) is 7.22. The van der Waals surface area contributed by atoms with E-state index in [1.807, 2.05) is 0 Å². The highest BCUT2D eigenvalue weighted by molar-refractivity contribution is 7.95. The zero-order valence-corrected chi connectivity index (χ0v) is 15.8. The molecule has 0 aromatic heterocycles. The molecule has 1 aliphatic rings. The van der Waals surface area contributed by atoms with Crippen molar-refractivity contribution in [2.45, 2.75) is 12.5 Å². The summed E-state index contributed by atoms with van der Waals surface area (Å²) in [6, 6.07) is 4.68. The Morgan fingerprint density at radius 2 is 1.72 bits per heavy atom. The van der Waals surface area contributed by atoms with Crippen molar-refractivity contribution in [3.63, 3.8) is 0 Å². The summed E-state index contributed by atoms with van der Waals surface area (Å²) in [5.74, 6) is -1.55. The number of rotatable bonds is 9. The molecule has 1 aromatic carbocycles. The topological polar surface area (TPSA) is 97.4 Å². The Morgan fingerprint density at radius 1 is 1.08 bits per heavy atom. The van der Waals surface area contributed by atoms with Gasteiger partial charge in [-0.3, -0.25) is 0 Å². The van der Waals surface area contributed by atoms with Gasteiger partial charge in [0.15, 0.2) is 0 Å². The van der Waals surface area contributed by atoms with Gasteiger partial charge in [0.2, 0.25) is 0 Å². The maximum Gasteiger partial charge on any atom is 0.500 e. The largest absolute Gasteiger partial charge is 0.500 e. The maximum absolute atomic E-state index is 12.0. The highest BCUT2D eigenvalue weighted by Gasteiger charge is 2.37. The molecule has 0 radical (unpaired) electrons. The predicted octanol–water partition coefficient (Wildman–Crippen LogP) is 2.07. The van der Waals surface area contributed by atoms with Crippen LogP contribution >= 0.6 is 12.0 Å². The summed E-state index contributed by atoms with van der Waals surface area (Å²) in [5, 5.41) is 0. The molecule has 10 heteroatoms. The lowest BCUT2D eigenvalue weighted by atomic mass is 10.1. The number of carbonyl (C=O) groups excluding carboxylic acids is 3. The Labute approximate surface area is 150 Å². The van der Waals surface area contributed by atoms with Crippen LogP contribution in [0.2, 0.25) is 6.04 Å². The number of hydrogen-bond acceptors (Lipinski definition) is 9. The third-order valence-electron chi connectivity index (χ3n) is 3.66. The van der Waals surface area contributed by atoms with Crippen LogP contribution in [-0.2, 0) is 22.2 Å². The van der Waals surface area contributed by atoms with E-state index in [0.717, 1.165) is 12.0 Å². The normalized spacial score (nSPS) is 13.6. The summed E-state index contributed by atoms with van der Waals surface area (Å²) in [6.45, 7) is 0. The van der Waals surface area contributed by atoms with Crippen molar-refractivity contribution in [1.82, 2.24) is 0 Å². The average molecular weight is 386 g/mol. The van der Waals surface area contributed by atoms with Gasteiger partial charge in [0.25, 0.3) is 0 Å². The molecule has 0 fully saturated rings. The van der Waals surface area contributed by atoms with E-state index in [4.69, 9.17) is 17.5 Å². The Hall–Kier alpha value is -1.72. The second-order valence-corrected chi connectivity index (χ2v) is 8.93. The summed E-state index contributed by atoms with van der Waals surface area (Å²) >= 11 is 0.986. The number of carbonyl (C=O) groups is 3. The summed E-state index contributed by atoms with van der Waals surface area (Å²) in [6.07, 6.45) is 0.671. The fourth-order valence-electron chi connectivity index (χ4n) is 2.26. The molecule has 0 saturated carbocycles. The highest BCUT2D eigenvalue weighted by atomic mass is 32.2. The lowest BCUT2D eigenvalue weighted by Gasteiger charge is -2.23. The van der Waals surface area contributed by atoms with E-state index in [9.17, 15) is 14.4 Å². The van der Waals surface area contributed by atoms with Gasteiger partial charge in [0.05, 0.1) is 28.7 Å². The molecule has 0 N–H and O–H groups in total. The molecule has 0 spiro atoms. The third kappa shape index (κ3) is 4.47. The molecule has 2 rings (SSSR count). The van der Waals surface area contributed by atoms with Crippen LogP contribution in [0.4, 0.5) is 0 Å². The van der Waals surface area contributed by atoms with Gasteiger partial charge < -0.3 is 22.2 Å². The van der Waals surface area contributed by atoms with Crippen molar-refractivity contribution < 1.29 is 36.6 Å². The molecule has 1 heterocycles. The Morgan fingerprint density at radius 3 is 2.36 bits per heavy atom. The van der Waals surface area contributed by atoms with Gasteiger partial charge >= 0.3 is 26.7 Å². The minimum Gasteiger partial charge on any atom is -0.388 e. The number of esters is 2. The molecule has 0 aliphatic carbocycles. The smallest absolute Gasteiger partial charge is 0.388 e. The zero-order chi connectivity index (χ0) is 18.4. The molecular weight excluding hydrogens is 368 g/mol. The molecule has 0 atom stereocenters. The van der Waals surface area contributed by atoms with Gasteiger partial charge in [-0.25, -0.2) is 14.4 Å². The van der Waals surface area contributed by atoms with Crippen molar-refractivity contribution >= 4 is 38.8 Å². The van der Waals surface area contributed by atoms with Crippen LogP contribution in [0.1, 0.15) is 37.5 Å². The number of cyclic esters (lactones) is 2. The van der Waals surface area contributed by atoms with Crippen LogP contribution in [0.5, 0.6) is 0 Å². The van der Waals surface area contributed by atoms with Crippen molar-refractivity contribution in [1.29, 1.82) is 0 Å². The second kappa shape index (κ2) is 8.58. The number of benzene rings is 1. The second-order valence-electron chi connectivity index (χ2n) is 5.03. The molecular formula is C15H18O8SSi. The minimum absolute atomic E-state index is 0.0699. The molecule has 1 aromatic rings. The SMILES string of the molecule is CO[Si](CCCSOC(=O)c1ccc2c(c1)C(=O)OC2=O)(OC)OC. The van der Waals surface area contributed by atoms with E-state index < -0.39 is 26.7 Å². The standard InChI is InChI=1S/C15H18O8SSi/c1-19-25(20-2,21-3)8-4-7-24-23-13(16)10-5-6-11-12(9-10)15(18)22-14(11)17/h5-6,9H,4,7-8H2,1-3H3. The van der Waals surface area contributed by atoms with Crippen LogP contribution in [0, 0.1) is 0 Å². The van der Waals surface area contributed by atoms with E-state index in [1.54, 1.807) is 0 Å². The predicted molar refractivity (Wildman–Crippen MR) is 90.3 cm³/mol. The first-order valence-electron chi connectivity index (χ1n) is 7.36. The first-order chi connectivity index (χ1) is 12.0. The molecule has 0 saturated heterocycles. The molecule has 1 aliphatic heterocycles. The summed E-state index contributed by atoms with van der Waals surface area (Å²) in [4.78, 5) is 34.9. The van der Waals surface area contributed by atoms with E-state index >= 15 is 0 Å². The van der Waals surface area contributed by atoms with E-state index in [1.165, 1.54) is 39.5 Å². The lowest BCUT2D eigenvalue weighted by molar-refractivity contribution is 0.0443. The van der Waals surface area contributed by atoms with Gasteiger partial charge in [-0.15, -0.1) is 0 Å². The van der Waals surface area contributed by atoms with Crippen molar-refractivity contribution in [3.8, 4) is 0 Å². The number of ether oxygens (including phenoxy) is 1. The van der Waals surface area contributed by atoms with E-state index in [2.05, 4.69) is 4.74 Å². The zero-order valence-electron chi connectivity index (χ0n) is 14.0. The van der Waals surface area contributed by atoms with Crippen LogP contribution in [0.15, 0.2) is 18.2 Å².